The Hall–Kier alpha value is -4.07. The Labute approximate surface area is 184 Å². The molecule has 0 unspecified atom stereocenters. The number of hydrogen-bond acceptors (Lipinski definition) is 6. The maximum atomic E-state index is 13.0. The van der Waals surface area contributed by atoms with Crippen LogP contribution in [0.25, 0.3) is 0 Å². The Balaban J connectivity index is 1.54. The average Bonchev–Trinajstić information content (AvgIpc) is 2.82. The second-order valence-corrected chi connectivity index (χ2v) is 6.63. The van der Waals surface area contributed by atoms with E-state index in [0.29, 0.717) is 22.9 Å². The highest BCUT2D eigenvalue weighted by atomic mass is 19.1. The number of anilines is 1. The number of nitrogens with one attached hydrogen (secondary N) is 1. The van der Waals surface area contributed by atoms with Gasteiger partial charge in [0, 0.05) is 6.07 Å². The van der Waals surface area contributed by atoms with E-state index in [9.17, 15) is 14.0 Å². The van der Waals surface area contributed by atoms with Crippen LogP contribution in [0.5, 0.6) is 17.2 Å². The highest BCUT2D eigenvalue weighted by Crippen LogP contribution is 2.29. The molecule has 0 heterocycles. The molecule has 0 aliphatic heterocycles. The average molecular weight is 439 g/mol. The summed E-state index contributed by atoms with van der Waals surface area (Å²) in [4.78, 5) is 24.5. The first kappa shape index (κ1) is 22.6. The zero-order valence-electron chi connectivity index (χ0n) is 17.6. The van der Waals surface area contributed by atoms with E-state index >= 15 is 0 Å². The minimum absolute atomic E-state index is 0.213. The van der Waals surface area contributed by atoms with E-state index in [1.54, 1.807) is 48.5 Å². The molecule has 0 bridgehead atoms. The fourth-order valence-electron chi connectivity index (χ4n) is 2.76. The van der Waals surface area contributed by atoms with Crippen molar-refractivity contribution >= 4 is 17.6 Å². The van der Waals surface area contributed by atoms with Crippen molar-refractivity contribution < 1.29 is 32.9 Å². The summed E-state index contributed by atoms with van der Waals surface area (Å²) in [5.74, 6) is -0.0911. The molecule has 0 saturated heterocycles. The van der Waals surface area contributed by atoms with Crippen LogP contribution in [0.15, 0.2) is 66.7 Å². The molecule has 7 nitrogen and oxygen atoms in total. The second-order valence-electron chi connectivity index (χ2n) is 6.63. The van der Waals surface area contributed by atoms with Gasteiger partial charge in [0.05, 0.1) is 25.5 Å². The van der Waals surface area contributed by atoms with E-state index in [4.69, 9.17) is 18.9 Å². The Morgan fingerprint density at radius 2 is 1.69 bits per heavy atom. The van der Waals surface area contributed by atoms with Gasteiger partial charge in [0.2, 0.25) is 0 Å². The third kappa shape index (κ3) is 6.21. The molecule has 1 N–H and O–H groups in total. The van der Waals surface area contributed by atoms with E-state index in [0.717, 1.165) is 5.56 Å². The summed E-state index contributed by atoms with van der Waals surface area (Å²) in [7, 11) is 2.99. The molecule has 8 heteroatoms. The number of benzene rings is 3. The summed E-state index contributed by atoms with van der Waals surface area (Å²) >= 11 is 0. The Morgan fingerprint density at radius 1 is 0.906 bits per heavy atom. The van der Waals surface area contributed by atoms with Crippen molar-refractivity contribution in [3.05, 3.63) is 83.7 Å². The highest BCUT2D eigenvalue weighted by molar-refractivity contribution is 5.96. The number of ether oxygens (including phenoxy) is 4. The zero-order chi connectivity index (χ0) is 22.9. The fourth-order valence-corrected chi connectivity index (χ4v) is 2.76. The second kappa shape index (κ2) is 10.8. The molecular formula is C24H22FNO6. The number of esters is 1. The van der Waals surface area contributed by atoms with Crippen LogP contribution in [0.4, 0.5) is 10.1 Å². The lowest BCUT2D eigenvalue weighted by atomic mass is 10.2. The van der Waals surface area contributed by atoms with Gasteiger partial charge in [-0.25, -0.2) is 9.18 Å². The van der Waals surface area contributed by atoms with Gasteiger partial charge in [0.25, 0.3) is 5.91 Å². The van der Waals surface area contributed by atoms with Crippen LogP contribution in [0, 0.1) is 5.82 Å². The van der Waals surface area contributed by atoms with Crippen molar-refractivity contribution in [3.63, 3.8) is 0 Å². The van der Waals surface area contributed by atoms with E-state index in [2.05, 4.69) is 5.32 Å². The van der Waals surface area contributed by atoms with Gasteiger partial charge in [-0.05, 0) is 48.0 Å². The van der Waals surface area contributed by atoms with Crippen LogP contribution >= 0.6 is 0 Å². The largest absolute Gasteiger partial charge is 0.497 e. The number of methoxy groups -OCH3 is 2. The third-order valence-corrected chi connectivity index (χ3v) is 4.41. The fraction of sp³-hybridized carbons (Fsp3) is 0.167. The summed E-state index contributed by atoms with van der Waals surface area (Å²) in [6, 6.07) is 17.2. The molecule has 166 valence electrons. The molecule has 0 aliphatic rings. The molecule has 3 aromatic carbocycles. The monoisotopic (exact) mass is 439 g/mol. The number of rotatable bonds is 9. The van der Waals surface area contributed by atoms with Crippen molar-refractivity contribution in [2.75, 3.05) is 26.1 Å². The SMILES string of the molecule is COc1ccc(NC(=O)COC(=O)c2cccc(OCc3ccc(F)cc3)c2)c(OC)c1. The molecular weight excluding hydrogens is 417 g/mol. The van der Waals surface area contributed by atoms with Crippen LogP contribution in [-0.4, -0.2) is 32.7 Å². The van der Waals surface area contributed by atoms with Gasteiger partial charge in [0.1, 0.15) is 29.7 Å². The first-order valence-electron chi connectivity index (χ1n) is 9.65. The molecule has 1 amide bonds. The van der Waals surface area contributed by atoms with Crippen molar-refractivity contribution in [2.45, 2.75) is 6.61 Å². The normalized spacial score (nSPS) is 10.2. The molecule has 32 heavy (non-hydrogen) atoms. The van der Waals surface area contributed by atoms with E-state index in [1.807, 2.05) is 0 Å². The summed E-state index contributed by atoms with van der Waals surface area (Å²) in [5.41, 5.74) is 1.44. The Bertz CT molecular complexity index is 1080. The van der Waals surface area contributed by atoms with Gasteiger partial charge in [-0.1, -0.05) is 18.2 Å². The molecule has 0 radical (unpaired) electrons. The van der Waals surface area contributed by atoms with E-state index < -0.39 is 18.5 Å². The maximum Gasteiger partial charge on any atom is 0.338 e. The van der Waals surface area contributed by atoms with Crippen LogP contribution in [-0.2, 0) is 16.1 Å². The summed E-state index contributed by atoms with van der Waals surface area (Å²) in [6.07, 6.45) is 0. The van der Waals surface area contributed by atoms with Gasteiger partial charge in [0.15, 0.2) is 6.61 Å². The minimum Gasteiger partial charge on any atom is -0.497 e. The van der Waals surface area contributed by atoms with Gasteiger partial charge in [-0.2, -0.15) is 0 Å². The first-order valence-corrected chi connectivity index (χ1v) is 9.65. The summed E-state index contributed by atoms with van der Waals surface area (Å²) < 4.78 is 34.1. The molecule has 3 aromatic rings. The van der Waals surface area contributed by atoms with Gasteiger partial charge < -0.3 is 24.3 Å². The van der Waals surface area contributed by atoms with E-state index in [1.165, 1.54) is 32.4 Å². The van der Waals surface area contributed by atoms with Gasteiger partial charge >= 0.3 is 5.97 Å². The minimum atomic E-state index is -0.672. The molecule has 3 rings (SSSR count). The number of carbonyl (C=O) groups excluding carboxylic acids is 2. The molecule has 0 saturated carbocycles. The predicted molar refractivity (Wildman–Crippen MR) is 116 cm³/mol. The van der Waals surface area contributed by atoms with Gasteiger partial charge in [-0.3, -0.25) is 4.79 Å². The summed E-state index contributed by atoms with van der Waals surface area (Å²) in [6.45, 7) is -0.264. The molecule has 0 fully saturated rings. The summed E-state index contributed by atoms with van der Waals surface area (Å²) in [5, 5.41) is 2.63. The molecule has 0 aliphatic carbocycles. The molecule has 0 atom stereocenters. The lowest BCUT2D eigenvalue weighted by molar-refractivity contribution is -0.119. The number of hydrogen-bond donors (Lipinski definition) is 1. The predicted octanol–water partition coefficient (Wildman–Crippen LogP) is 4.22. The van der Waals surface area contributed by atoms with Crippen LogP contribution in [0.2, 0.25) is 0 Å². The van der Waals surface area contributed by atoms with E-state index in [-0.39, 0.29) is 18.0 Å². The number of carbonyl (C=O) groups is 2. The van der Waals surface area contributed by atoms with Crippen molar-refractivity contribution in [1.82, 2.24) is 0 Å². The quantitative estimate of drug-likeness (QED) is 0.503. The standard InChI is InChI=1S/C24H22FNO6/c1-29-19-10-11-21(22(13-19)30-2)26-23(27)15-32-24(28)17-4-3-5-20(12-17)31-14-16-6-8-18(25)9-7-16/h3-13H,14-15H2,1-2H3,(H,26,27). The molecule has 0 spiro atoms. The van der Waals surface area contributed by atoms with Crippen molar-refractivity contribution in [2.24, 2.45) is 0 Å². The van der Waals surface area contributed by atoms with Crippen LogP contribution in [0.3, 0.4) is 0 Å². The smallest absolute Gasteiger partial charge is 0.338 e. The van der Waals surface area contributed by atoms with Crippen molar-refractivity contribution in [3.8, 4) is 17.2 Å². The first-order chi connectivity index (χ1) is 15.5. The highest BCUT2D eigenvalue weighted by Gasteiger charge is 2.13. The van der Waals surface area contributed by atoms with Crippen molar-refractivity contribution in [1.29, 1.82) is 0 Å². The lowest BCUT2D eigenvalue weighted by Gasteiger charge is -2.12. The Kier molecular flexibility index (Phi) is 7.64. The lowest BCUT2D eigenvalue weighted by Crippen LogP contribution is -2.21. The zero-order valence-corrected chi connectivity index (χ0v) is 17.6. The maximum absolute atomic E-state index is 13.0. The number of halogens is 1. The van der Waals surface area contributed by atoms with Crippen LogP contribution in [0.1, 0.15) is 15.9 Å². The third-order valence-electron chi connectivity index (χ3n) is 4.41. The number of amides is 1. The van der Waals surface area contributed by atoms with Crippen LogP contribution < -0.4 is 19.5 Å². The topological polar surface area (TPSA) is 83.1 Å². The molecule has 0 aromatic heterocycles. The Morgan fingerprint density at radius 3 is 2.41 bits per heavy atom. The van der Waals surface area contributed by atoms with Gasteiger partial charge in [-0.15, -0.1) is 0 Å².